The lowest BCUT2D eigenvalue weighted by Crippen LogP contribution is -1.95. The first-order valence-electron chi connectivity index (χ1n) is 7.37. The Morgan fingerprint density at radius 3 is 2.62 bits per heavy atom. The third-order valence-electron chi connectivity index (χ3n) is 3.77. The second kappa shape index (κ2) is 7.21. The smallest absolute Gasteiger partial charge is 0.231 e. The molecule has 3 nitrogen and oxygen atoms in total. The Hall–Kier alpha value is -1.90. The summed E-state index contributed by atoms with van der Waals surface area (Å²) in [6.07, 6.45) is 4.35. The maximum atomic E-state index is 5.73. The van der Waals surface area contributed by atoms with Crippen LogP contribution >= 0.6 is 0 Å². The summed E-state index contributed by atoms with van der Waals surface area (Å²) < 4.78 is 16.3. The van der Waals surface area contributed by atoms with Crippen molar-refractivity contribution in [2.45, 2.75) is 40.5 Å². The van der Waals surface area contributed by atoms with Crippen molar-refractivity contribution in [2.75, 3.05) is 13.4 Å². The molecule has 114 valence electrons. The van der Waals surface area contributed by atoms with Gasteiger partial charge in [-0.3, -0.25) is 0 Å². The Balaban J connectivity index is 1.80. The number of benzene rings is 1. The fourth-order valence-corrected chi connectivity index (χ4v) is 1.98. The van der Waals surface area contributed by atoms with Gasteiger partial charge in [0.25, 0.3) is 0 Å². The van der Waals surface area contributed by atoms with Crippen LogP contribution in [-0.2, 0) is 0 Å². The van der Waals surface area contributed by atoms with Gasteiger partial charge in [0.1, 0.15) is 12.4 Å². The van der Waals surface area contributed by atoms with Gasteiger partial charge in [0.2, 0.25) is 6.79 Å². The van der Waals surface area contributed by atoms with Crippen molar-refractivity contribution < 1.29 is 14.2 Å². The SMILES string of the molecule is CC(C)=C(C)CC/C(C)=C/COc1ccc2c(c1)OCO2. The molecule has 0 radical (unpaired) electrons. The van der Waals surface area contributed by atoms with Crippen LogP contribution in [0, 0.1) is 0 Å². The van der Waals surface area contributed by atoms with Crippen LogP contribution in [-0.4, -0.2) is 13.4 Å². The Labute approximate surface area is 127 Å². The third kappa shape index (κ3) is 4.55. The van der Waals surface area contributed by atoms with E-state index >= 15 is 0 Å². The van der Waals surface area contributed by atoms with Crippen LogP contribution in [0.3, 0.4) is 0 Å². The zero-order valence-corrected chi connectivity index (χ0v) is 13.4. The Morgan fingerprint density at radius 1 is 1.10 bits per heavy atom. The lowest BCUT2D eigenvalue weighted by Gasteiger charge is -2.07. The Bertz CT molecular complexity index is 552. The molecule has 0 unspecified atom stereocenters. The molecule has 0 amide bonds. The van der Waals surface area contributed by atoms with Crippen LogP contribution in [0.5, 0.6) is 17.2 Å². The van der Waals surface area contributed by atoms with Gasteiger partial charge in [0, 0.05) is 6.07 Å². The summed E-state index contributed by atoms with van der Waals surface area (Å²) in [4.78, 5) is 0. The Morgan fingerprint density at radius 2 is 1.86 bits per heavy atom. The quantitative estimate of drug-likeness (QED) is 0.698. The minimum Gasteiger partial charge on any atom is -0.489 e. The van der Waals surface area contributed by atoms with E-state index in [1.54, 1.807) is 0 Å². The normalized spacial score (nSPS) is 13.2. The predicted octanol–water partition coefficient (Wildman–Crippen LogP) is 4.88. The van der Waals surface area contributed by atoms with Crippen molar-refractivity contribution >= 4 is 0 Å². The van der Waals surface area contributed by atoms with E-state index in [2.05, 4.69) is 33.8 Å². The first-order valence-corrected chi connectivity index (χ1v) is 7.37. The van der Waals surface area contributed by atoms with Gasteiger partial charge in [-0.25, -0.2) is 0 Å². The highest BCUT2D eigenvalue weighted by Crippen LogP contribution is 2.35. The fourth-order valence-electron chi connectivity index (χ4n) is 1.98. The minimum absolute atomic E-state index is 0.293. The van der Waals surface area contributed by atoms with E-state index in [9.17, 15) is 0 Å². The molecule has 1 heterocycles. The van der Waals surface area contributed by atoms with Crippen molar-refractivity contribution in [3.63, 3.8) is 0 Å². The van der Waals surface area contributed by atoms with E-state index in [1.165, 1.54) is 16.7 Å². The van der Waals surface area contributed by atoms with Crippen molar-refractivity contribution in [3.05, 3.63) is 41.0 Å². The number of hydrogen-bond donors (Lipinski definition) is 0. The van der Waals surface area contributed by atoms with E-state index in [-0.39, 0.29) is 0 Å². The molecule has 0 saturated carbocycles. The molecule has 1 aliphatic rings. The molecule has 0 aromatic heterocycles. The van der Waals surface area contributed by atoms with Crippen molar-refractivity contribution in [3.8, 4) is 17.2 Å². The molecule has 1 aromatic rings. The lowest BCUT2D eigenvalue weighted by atomic mass is 10.0. The Kier molecular flexibility index (Phi) is 5.32. The van der Waals surface area contributed by atoms with Gasteiger partial charge in [-0.1, -0.05) is 16.7 Å². The third-order valence-corrected chi connectivity index (χ3v) is 3.77. The van der Waals surface area contributed by atoms with E-state index in [4.69, 9.17) is 14.2 Å². The van der Waals surface area contributed by atoms with Crippen molar-refractivity contribution in [1.82, 2.24) is 0 Å². The molecule has 0 atom stereocenters. The van der Waals surface area contributed by atoms with Gasteiger partial charge in [0.05, 0.1) is 0 Å². The molecular formula is C18H24O3. The van der Waals surface area contributed by atoms with Gasteiger partial charge in [-0.2, -0.15) is 0 Å². The maximum absolute atomic E-state index is 5.73. The van der Waals surface area contributed by atoms with E-state index < -0.39 is 0 Å². The van der Waals surface area contributed by atoms with E-state index in [1.807, 2.05) is 18.2 Å². The number of hydrogen-bond acceptors (Lipinski definition) is 3. The molecular weight excluding hydrogens is 264 g/mol. The summed E-state index contributed by atoms with van der Waals surface area (Å²) in [5.41, 5.74) is 4.25. The van der Waals surface area contributed by atoms with Crippen molar-refractivity contribution in [2.24, 2.45) is 0 Å². The monoisotopic (exact) mass is 288 g/mol. The standard InChI is InChI=1S/C18H24O3/c1-13(2)15(4)6-5-14(3)9-10-19-16-7-8-17-18(11-16)21-12-20-17/h7-9,11H,5-6,10,12H2,1-4H3/b14-9+. The molecule has 3 heteroatoms. The molecule has 1 aliphatic heterocycles. The zero-order chi connectivity index (χ0) is 15.2. The summed E-state index contributed by atoms with van der Waals surface area (Å²) in [5, 5.41) is 0. The maximum Gasteiger partial charge on any atom is 0.231 e. The van der Waals surface area contributed by atoms with E-state index in [0.717, 1.165) is 30.1 Å². The highest BCUT2D eigenvalue weighted by molar-refractivity contribution is 5.46. The lowest BCUT2D eigenvalue weighted by molar-refractivity contribution is 0.174. The molecule has 2 rings (SSSR count). The zero-order valence-electron chi connectivity index (χ0n) is 13.4. The van der Waals surface area contributed by atoms with Gasteiger partial charge in [-0.15, -0.1) is 0 Å². The van der Waals surface area contributed by atoms with Crippen LogP contribution in [0.2, 0.25) is 0 Å². The number of rotatable bonds is 6. The molecule has 0 aliphatic carbocycles. The number of fused-ring (bicyclic) bond motifs is 1. The topological polar surface area (TPSA) is 27.7 Å². The van der Waals surface area contributed by atoms with Crippen LogP contribution in [0.15, 0.2) is 41.0 Å². The highest BCUT2D eigenvalue weighted by atomic mass is 16.7. The van der Waals surface area contributed by atoms with Crippen LogP contribution < -0.4 is 14.2 Å². The average Bonchev–Trinajstić information content (AvgIpc) is 2.92. The fraction of sp³-hybridized carbons (Fsp3) is 0.444. The molecule has 0 bridgehead atoms. The first-order chi connectivity index (χ1) is 10.1. The molecule has 0 fully saturated rings. The molecule has 1 aromatic carbocycles. The van der Waals surface area contributed by atoms with Gasteiger partial charge >= 0.3 is 0 Å². The first kappa shape index (κ1) is 15.5. The highest BCUT2D eigenvalue weighted by Gasteiger charge is 2.13. The summed E-state index contributed by atoms with van der Waals surface area (Å²) in [5.74, 6) is 2.35. The van der Waals surface area contributed by atoms with Gasteiger partial charge in [-0.05, 0) is 58.7 Å². The second-order valence-electron chi connectivity index (χ2n) is 5.66. The summed E-state index contributed by atoms with van der Waals surface area (Å²) in [6, 6.07) is 5.66. The van der Waals surface area contributed by atoms with Gasteiger partial charge < -0.3 is 14.2 Å². The summed E-state index contributed by atoms with van der Waals surface area (Å²) in [7, 11) is 0. The van der Waals surface area contributed by atoms with Crippen molar-refractivity contribution in [1.29, 1.82) is 0 Å². The van der Waals surface area contributed by atoms with Crippen LogP contribution in [0.25, 0.3) is 0 Å². The van der Waals surface area contributed by atoms with E-state index in [0.29, 0.717) is 13.4 Å². The molecule has 21 heavy (non-hydrogen) atoms. The second-order valence-corrected chi connectivity index (χ2v) is 5.66. The minimum atomic E-state index is 0.293. The summed E-state index contributed by atoms with van der Waals surface area (Å²) in [6.45, 7) is 9.56. The number of allylic oxidation sites excluding steroid dienone is 3. The molecule has 0 N–H and O–H groups in total. The predicted molar refractivity (Wildman–Crippen MR) is 85.1 cm³/mol. The number of ether oxygens (including phenoxy) is 3. The van der Waals surface area contributed by atoms with Gasteiger partial charge in [0.15, 0.2) is 11.5 Å². The average molecular weight is 288 g/mol. The molecule has 0 saturated heterocycles. The largest absolute Gasteiger partial charge is 0.489 e. The molecule has 0 spiro atoms. The van der Waals surface area contributed by atoms with Crippen LogP contribution in [0.4, 0.5) is 0 Å². The summed E-state index contributed by atoms with van der Waals surface area (Å²) >= 11 is 0. The van der Waals surface area contributed by atoms with Crippen LogP contribution in [0.1, 0.15) is 40.5 Å².